The monoisotopic (exact) mass is 185 g/mol. The Bertz CT molecular complexity index is 295. The predicted octanol–water partition coefficient (Wildman–Crippen LogP) is 0.562. The molecule has 0 radical (unpaired) electrons. The molecule has 1 atom stereocenters. The smallest absolute Gasteiger partial charge is 0.342 e. The van der Waals surface area contributed by atoms with Crippen molar-refractivity contribution in [2.75, 3.05) is 0 Å². The number of rotatable bonds is 4. The Kier molecular flexibility index (Phi) is 2.97. The molecule has 0 aliphatic carbocycles. The number of imidazole rings is 1. The van der Waals surface area contributed by atoms with Crippen LogP contribution in [0.5, 0.6) is 0 Å². The maximum atomic E-state index is 10.4. The van der Waals surface area contributed by atoms with Gasteiger partial charge in [0.05, 0.1) is 12.6 Å². The lowest BCUT2D eigenvalue weighted by atomic mass is 10.3. The van der Waals surface area contributed by atoms with Crippen molar-refractivity contribution in [3.05, 3.63) is 22.6 Å². The maximum absolute atomic E-state index is 10.4. The molecule has 1 heterocycles. The van der Waals surface area contributed by atoms with Crippen LogP contribution in [0.3, 0.4) is 0 Å². The van der Waals surface area contributed by atoms with Gasteiger partial charge in [0, 0.05) is 6.42 Å². The minimum Gasteiger partial charge on any atom is -0.393 e. The van der Waals surface area contributed by atoms with Gasteiger partial charge < -0.3 is 15.2 Å². The fourth-order valence-corrected chi connectivity index (χ4v) is 0.964. The van der Waals surface area contributed by atoms with Gasteiger partial charge in [-0.1, -0.05) is 0 Å². The van der Waals surface area contributed by atoms with Gasteiger partial charge in [-0.3, -0.25) is 0 Å². The number of nitrogens with zero attached hydrogens (tertiary/aromatic N) is 3. The second-order valence-corrected chi connectivity index (χ2v) is 2.84. The highest BCUT2D eigenvalue weighted by atomic mass is 16.6. The number of aromatic nitrogens is 2. The number of aliphatic hydroxyl groups is 1. The molecule has 1 aromatic heterocycles. The van der Waals surface area contributed by atoms with Crippen molar-refractivity contribution in [3.63, 3.8) is 0 Å². The van der Waals surface area contributed by atoms with Crippen LogP contribution < -0.4 is 0 Å². The van der Waals surface area contributed by atoms with Crippen molar-refractivity contribution in [3.8, 4) is 0 Å². The second-order valence-electron chi connectivity index (χ2n) is 2.84. The highest BCUT2D eigenvalue weighted by molar-refractivity contribution is 5.14. The number of hydrogen-bond donors (Lipinski definition) is 1. The van der Waals surface area contributed by atoms with E-state index < -0.39 is 11.0 Å². The van der Waals surface area contributed by atoms with Crippen molar-refractivity contribution < 1.29 is 10.0 Å². The van der Waals surface area contributed by atoms with Crippen LogP contribution in [0.1, 0.15) is 13.3 Å². The molecule has 0 saturated carbocycles. The Morgan fingerprint density at radius 1 is 1.85 bits per heavy atom. The third-order valence-corrected chi connectivity index (χ3v) is 1.67. The van der Waals surface area contributed by atoms with Gasteiger partial charge in [-0.25, -0.2) is 9.55 Å². The molecule has 0 amide bonds. The first-order valence-electron chi connectivity index (χ1n) is 3.94. The van der Waals surface area contributed by atoms with Gasteiger partial charge >= 0.3 is 5.82 Å². The SMILES string of the molecule is CC(O)CCn1cncc1[N+](=O)[O-]. The van der Waals surface area contributed by atoms with Gasteiger partial charge in [0.1, 0.15) is 6.20 Å². The summed E-state index contributed by atoms with van der Waals surface area (Å²) < 4.78 is 1.41. The van der Waals surface area contributed by atoms with Crippen LogP contribution in [0, 0.1) is 10.1 Å². The summed E-state index contributed by atoms with van der Waals surface area (Å²) in [6, 6.07) is 0. The average Bonchev–Trinajstić information content (AvgIpc) is 2.47. The van der Waals surface area contributed by atoms with Crippen LogP contribution in [0.2, 0.25) is 0 Å². The summed E-state index contributed by atoms with van der Waals surface area (Å²) in [5, 5.41) is 19.4. The molecule has 0 saturated heterocycles. The first kappa shape index (κ1) is 9.66. The zero-order chi connectivity index (χ0) is 9.84. The van der Waals surface area contributed by atoms with E-state index in [1.54, 1.807) is 6.92 Å². The fraction of sp³-hybridized carbons (Fsp3) is 0.571. The van der Waals surface area contributed by atoms with Gasteiger partial charge in [-0.05, 0) is 11.8 Å². The number of hydrogen-bond acceptors (Lipinski definition) is 4. The molecule has 0 aliphatic heterocycles. The predicted molar refractivity (Wildman–Crippen MR) is 45.2 cm³/mol. The van der Waals surface area contributed by atoms with E-state index in [1.165, 1.54) is 17.1 Å². The summed E-state index contributed by atoms with van der Waals surface area (Å²) in [4.78, 5) is 13.6. The molecule has 0 aromatic carbocycles. The summed E-state index contributed by atoms with van der Waals surface area (Å²) in [6.45, 7) is 2.05. The topological polar surface area (TPSA) is 81.2 Å². The molecule has 0 aliphatic rings. The molecule has 0 bridgehead atoms. The Morgan fingerprint density at radius 3 is 3.08 bits per heavy atom. The molecule has 72 valence electrons. The molecule has 1 rings (SSSR count). The Hall–Kier alpha value is -1.43. The Morgan fingerprint density at radius 2 is 2.54 bits per heavy atom. The zero-order valence-electron chi connectivity index (χ0n) is 7.25. The Labute approximate surface area is 75.0 Å². The summed E-state index contributed by atoms with van der Waals surface area (Å²) in [6.07, 6.45) is 2.61. The highest BCUT2D eigenvalue weighted by Crippen LogP contribution is 2.10. The van der Waals surface area contributed by atoms with Crippen molar-refractivity contribution in [2.24, 2.45) is 0 Å². The van der Waals surface area contributed by atoms with E-state index in [0.29, 0.717) is 13.0 Å². The molecule has 1 unspecified atom stereocenters. The molecule has 0 spiro atoms. The lowest BCUT2D eigenvalue weighted by molar-refractivity contribution is -0.392. The number of aliphatic hydroxyl groups excluding tert-OH is 1. The standard InChI is InChI=1S/C7H11N3O3/c1-6(11)2-3-9-5-8-4-7(9)10(12)13/h4-6,11H,2-3H2,1H3. The molecule has 0 fully saturated rings. The molecule has 13 heavy (non-hydrogen) atoms. The lowest BCUT2D eigenvalue weighted by Crippen LogP contribution is -2.08. The first-order chi connectivity index (χ1) is 6.11. The molecular weight excluding hydrogens is 174 g/mol. The Balaban J connectivity index is 2.65. The number of nitro groups is 1. The molecular formula is C7H11N3O3. The molecule has 1 aromatic rings. The summed E-state index contributed by atoms with van der Waals surface area (Å²) in [5.74, 6) is -0.0411. The van der Waals surface area contributed by atoms with Crippen molar-refractivity contribution in [1.82, 2.24) is 9.55 Å². The van der Waals surface area contributed by atoms with Crippen molar-refractivity contribution in [1.29, 1.82) is 0 Å². The summed E-state index contributed by atoms with van der Waals surface area (Å²) in [5.41, 5.74) is 0. The van der Waals surface area contributed by atoms with E-state index in [2.05, 4.69) is 4.98 Å². The van der Waals surface area contributed by atoms with Gasteiger partial charge in [0.25, 0.3) is 0 Å². The highest BCUT2D eigenvalue weighted by Gasteiger charge is 2.12. The van der Waals surface area contributed by atoms with Crippen LogP contribution >= 0.6 is 0 Å². The van der Waals surface area contributed by atoms with E-state index in [4.69, 9.17) is 5.11 Å². The van der Waals surface area contributed by atoms with Crippen LogP contribution in [0.4, 0.5) is 5.82 Å². The fourth-order valence-electron chi connectivity index (χ4n) is 0.964. The van der Waals surface area contributed by atoms with Crippen LogP contribution in [0.25, 0.3) is 0 Å². The third-order valence-electron chi connectivity index (χ3n) is 1.67. The first-order valence-corrected chi connectivity index (χ1v) is 3.94. The quantitative estimate of drug-likeness (QED) is 0.549. The summed E-state index contributed by atoms with van der Waals surface area (Å²) >= 11 is 0. The van der Waals surface area contributed by atoms with E-state index in [9.17, 15) is 10.1 Å². The lowest BCUT2D eigenvalue weighted by Gasteiger charge is -2.02. The summed E-state index contributed by atoms with van der Waals surface area (Å²) in [7, 11) is 0. The van der Waals surface area contributed by atoms with E-state index in [1.807, 2.05) is 0 Å². The average molecular weight is 185 g/mol. The van der Waals surface area contributed by atoms with Crippen LogP contribution in [-0.2, 0) is 6.54 Å². The van der Waals surface area contributed by atoms with Gasteiger partial charge in [0.15, 0.2) is 6.33 Å². The van der Waals surface area contributed by atoms with Crippen molar-refractivity contribution >= 4 is 5.82 Å². The molecule has 6 heteroatoms. The zero-order valence-corrected chi connectivity index (χ0v) is 7.25. The number of aryl methyl sites for hydroxylation is 1. The van der Waals surface area contributed by atoms with Gasteiger partial charge in [-0.2, -0.15) is 0 Å². The van der Waals surface area contributed by atoms with E-state index >= 15 is 0 Å². The third kappa shape index (κ3) is 2.51. The van der Waals surface area contributed by atoms with E-state index in [-0.39, 0.29) is 5.82 Å². The minimum atomic E-state index is -0.491. The molecule has 6 nitrogen and oxygen atoms in total. The minimum absolute atomic E-state index is 0.0411. The maximum Gasteiger partial charge on any atom is 0.342 e. The molecule has 1 N–H and O–H groups in total. The normalized spacial score (nSPS) is 12.8. The second kappa shape index (κ2) is 3.99. The van der Waals surface area contributed by atoms with Crippen molar-refractivity contribution in [2.45, 2.75) is 26.0 Å². The largest absolute Gasteiger partial charge is 0.393 e. The van der Waals surface area contributed by atoms with Gasteiger partial charge in [0.2, 0.25) is 0 Å². The van der Waals surface area contributed by atoms with Gasteiger partial charge in [-0.15, -0.1) is 0 Å². The van der Waals surface area contributed by atoms with E-state index in [0.717, 1.165) is 0 Å². The van der Waals surface area contributed by atoms with Crippen LogP contribution in [-0.4, -0.2) is 25.7 Å². The van der Waals surface area contributed by atoms with Crippen LogP contribution in [0.15, 0.2) is 12.5 Å².